The van der Waals surface area contributed by atoms with Crippen molar-refractivity contribution in [1.82, 2.24) is 0 Å². The number of benzene rings is 2. The van der Waals surface area contributed by atoms with Gasteiger partial charge < -0.3 is 14.2 Å². The first kappa shape index (κ1) is 14.6. The lowest BCUT2D eigenvalue weighted by molar-refractivity contribution is -0.385. The maximum atomic E-state index is 11.8. The SMILES string of the molecule is O=C(/C=C/c1cc2c(cc1[N+](=O)[O-])OCO2)Oc1ccccc1. The maximum Gasteiger partial charge on any atom is 0.336 e. The Kier molecular flexibility index (Phi) is 3.92. The predicted octanol–water partition coefficient (Wildman–Crippen LogP) is 2.94. The van der Waals surface area contributed by atoms with Gasteiger partial charge in [0.15, 0.2) is 11.5 Å². The predicted molar refractivity (Wildman–Crippen MR) is 80.3 cm³/mol. The molecule has 1 aliphatic rings. The molecule has 23 heavy (non-hydrogen) atoms. The monoisotopic (exact) mass is 313 g/mol. The highest BCUT2D eigenvalue weighted by Crippen LogP contribution is 2.38. The highest BCUT2D eigenvalue weighted by molar-refractivity contribution is 5.89. The number of esters is 1. The van der Waals surface area contributed by atoms with Gasteiger partial charge in [-0.2, -0.15) is 0 Å². The van der Waals surface area contributed by atoms with E-state index in [1.165, 1.54) is 18.2 Å². The standard InChI is InChI=1S/C16H11NO6/c18-16(23-12-4-2-1-3-5-12)7-6-11-8-14-15(22-10-21-14)9-13(11)17(19)20/h1-9H,10H2/b7-6+. The fourth-order valence-electron chi connectivity index (χ4n) is 2.04. The van der Waals surface area contributed by atoms with Crippen molar-refractivity contribution in [3.63, 3.8) is 0 Å². The summed E-state index contributed by atoms with van der Waals surface area (Å²) in [6.07, 6.45) is 2.43. The molecule has 2 aromatic carbocycles. The van der Waals surface area contributed by atoms with E-state index in [9.17, 15) is 14.9 Å². The van der Waals surface area contributed by atoms with Gasteiger partial charge in [0.1, 0.15) is 5.75 Å². The summed E-state index contributed by atoms with van der Waals surface area (Å²) in [6.45, 7) is 0.00963. The molecule has 0 unspecified atom stereocenters. The highest BCUT2D eigenvalue weighted by Gasteiger charge is 2.22. The van der Waals surface area contributed by atoms with Gasteiger partial charge in [-0.1, -0.05) is 18.2 Å². The summed E-state index contributed by atoms with van der Waals surface area (Å²) in [5.41, 5.74) is 0.0438. The van der Waals surface area contributed by atoms with Crippen molar-refractivity contribution in [3.8, 4) is 17.2 Å². The third-order valence-electron chi connectivity index (χ3n) is 3.08. The van der Waals surface area contributed by atoms with E-state index in [1.54, 1.807) is 30.3 Å². The zero-order chi connectivity index (χ0) is 16.2. The Morgan fingerprint density at radius 2 is 1.87 bits per heavy atom. The highest BCUT2D eigenvalue weighted by atomic mass is 16.7. The largest absolute Gasteiger partial charge is 0.454 e. The number of nitro benzene ring substituents is 1. The van der Waals surface area contributed by atoms with Gasteiger partial charge in [0, 0.05) is 6.08 Å². The average molecular weight is 313 g/mol. The Hall–Kier alpha value is -3.35. The van der Waals surface area contributed by atoms with Crippen LogP contribution < -0.4 is 14.2 Å². The lowest BCUT2D eigenvalue weighted by Crippen LogP contribution is -2.03. The molecule has 0 spiro atoms. The topological polar surface area (TPSA) is 87.9 Å². The molecule has 0 fully saturated rings. The van der Waals surface area contributed by atoms with Crippen LogP contribution in [0.25, 0.3) is 6.08 Å². The van der Waals surface area contributed by atoms with E-state index in [0.717, 1.165) is 6.08 Å². The Morgan fingerprint density at radius 1 is 1.17 bits per heavy atom. The first-order valence-corrected chi connectivity index (χ1v) is 6.66. The summed E-state index contributed by atoms with van der Waals surface area (Å²) in [4.78, 5) is 22.3. The summed E-state index contributed by atoms with van der Waals surface area (Å²) in [7, 11) is 0. The van der Waals surface area contributed by atoms with Gasteiger partial charge in [-0.15, -0.1) is 0 Å². The maximum absolute atomic E-state index is 11.8. The molecule has 0 amide bonds. The average Bonchev–Trinajstić information content (AvgIpc) is 3.00. The van der Waals surface area contributed by atoms with Crippen LogP contribution in [0.1, 0.15) is 5.56 Å². The fourth-order valence-corrected chi connectivity index (χ4v) is 2.04. The second-order valence-corrected chi connectivity index (χ2v) is 4.59. The van der Waals surface area contributed by atoms with Gasteiger partial charge in [0.05, 0.1) is 16.6 Å². The van der Waals surface area contributed by atoms with Crippen molar-refractivity contribution < 1.29 is 23.9 Å². The van der Waals surface area contributed by atoms with E-state index < -0.39 is 10.9 Å². The molecule has 0 saturated heterocycles. The Bertz CT molecular complexity index is 785. The number of nitro groups is 1. The number of para-hydroxylation sites is 1. The van der Waals surface area contributed by atoms with Crippen molar-refractivity contribution in [1.29, 1.82) is 0 Å². The molecule has 0 saturated carbocycles. The van der Waals surface area contributed by atoms with E-state index in [-0.39, 0.29) is 18.0 Å². The first-order chi connectivity index (χ1) is 11.1. The third-order valence-corrected chi connectivity index (χ3v) is 3.08. The summed E-state index contributed by atoms with van der Waals surface area (Å²) < 4.78 is 15.4. The first-order valence-electron chi connectivity index (χ1n) is 6.66. The van der Waals surface area contributed by atoms with Crippen molar-refractivity contribution in [2.24, 2.45) is 0 Å². The van der Waals surface area contributed by atoms with E-state index in [1.807, 2.05) is 0 Å². The fraction of sp³-hybridized carbons (Fsp3) is 0.0625. The molecule has 1 aliphatic heterocycles. The summed E-state index contributed by atoms with van der Waals surface area (Å²) in [6, 6.07) is 11.2. The number of hydrogen-bond donors (Lipinski definition) is 0. The van der Waals surface area contributed by atoms with Crippen LogP contribution in [0, 0.1) is 10.1 Å². The molecule has 3 rings (SSSR count). The molecule has 0 bridgehead atoms. The zero-order valence-corrected chi connectivity index (χ0v) is 11.8. The van der Waals surface area contributed by atoms with Gasteiger partial charge in [-0.25, -0.2) is 4.79 Å². The number of carbonyl (C=O) groups excluding carboxylic acids is 1. The Balaban J connectivity index is 1.81. The van der Waals surface area contributed by atoms with Crippen LogP contribution >= 0.6 is 0 Å². The molecule has 0 N–H and O–H groups in total. The lowest BCUT2D eigenvalue weighted by atomic mass is 10.1. The normalized spacial score (nSPS) is 12.3. The summed E-state index contributed by atoms with van der Waals surface area (Å²) in [5, 5.41) is 11.1. The smallest absolute Gasteiger partial charge is 0.336 e. The van der Waals surface area contributed by atoms with Crippen LogP contribution in [-0.4, -0.2) is 17.7 Å². The minimum absolute atomic E-state index is 0.00963. The van der Waals surface area contributed by atoms with Crippen LogP contribution in [0.5, 0.6) is 17.2 Å². The van der Waals surface area contributed by atoms with Crippen molar-refractivity contribution in [3.05, 3.63) is 64.2 Å². The number of ether oxygens (including phenoxy) is 3. The van der Waals surface area contributed by atoms with Gasteiger partial charge >= 0.3 is 5.97 Å². The minimum Gasteiger partial charge on any atom is -0.454 e. The molecule has 7 nitrogen and oxygen atoms in total. The summed E-state index contributed by atoms with van der Waals surface area (Å²) >= 11 is 0. The van der Waals surface area contributed by atoms with Crippen LogP contribution in [0.2, 0.25) is 0 Å². The van der Waals surface area contributed by atoms with Crippen LogP contribution in [0.15, 0.2) is 48.5 Å². The third kappa shape index (κ3) is 3.29. The molecule has 0 aliphatic carbocycles. The molecule has 0 atom stereocenters. The van der Waals surface area contributed by atoms with Crippen LogP contribution in [-0.2, 0) is 4.79 Å². The number of carbonyl (C=O) groups is 1. The molecule has 7 heteroatoms. The number of nitrogens with zero attached hydrogens (tertiary/aromatic N) is 1. The lowest BCUT2D eigenvalue weighted by Gasteiger charge is -2.02. The second kappa shape index (κ2) is 6.18. The van der Waals surface area contributed by atoms with Crippen molar-refractivity contribution in [2.75, 3.05) is 6.79 Å². The van der Waals surface area contributed by atoms with E-state index in [2.05, 4.69) is 0 Å². The van der Waals surface area contributed by atoms with E-state index in [0.29, 0.717) is 17.2 Å². The quantitative estimate of drug-likeness (QED) is 0.283. The van der Waals surface area contributed by atoms with Crippen LogP contribution in [0.3, 0.4) is 0 Å². The van der Waals surface area contributed by atoms with E-state index in [4.69, 9.17) is 14.2 Å². The van der Waals surface area contributed by atoms with Gasteiger partial charge in [-0.3, -0.25) is 10.1 Å². The van der Waals surface area contributed by atoms with E-state index >= 15 is 0 Å². The van der Waals surface area contributed by atoms with Crippen molar-refractivity contribution in [2.45, 2.75) is 0 Å². The molecular weight excluding hydrogens is 302 g/mol. The number of fused-ring (bicyclic) bond motifs is 1. The van der Waals surface area contributed by atoms with Gasteiger partial charge in [-0.05, 0) is 24.3 Å². The number of hydrogen-bond acceptors (Lipinski definition) is 6. The molecule has 1 heterocycles. The second-order valence-electron chi connectivity index (χ2n) is 4.59. The molecular formula is C16H11NO6. The Labute approximate surface area is 130 Å². The van der Waals surface area contributed by atoms with Crippen LogP contribution in [0.4, 0.5) is 5.69 Å². The zero-order valence-electron chi connectivity index (χ0n) is 11.8. The van der Waals surface area contributed by atoms with Gasteiger partial charge in [0.2, 0.25) is 6.79 Å². The summed E-state index contributed by atoms with van der Waals surface area (Å²) in [5.74, 6) is 0.456. The molecule has 0 aromatic heterocycles. The minimum atomic E-state index is -0.636. The molecule has 116 valence electrons. The molecule has 2 aromatic rings. The molecule has 0 radical (unpaired) electrons. The Morgan fingerprint density at radius 3 is 2.57 bits per heavy atom. The van der Waals surface area contributed by atoms with Crippen molar-refractivity contribution >= 4 is 17.7 Å². The number of rotatable bonds is 4. The van der Waals surface area contributed by atoms with Gasteiger partial charge in [0.25, 0.3) is 5.69 Å².